The van der Waals surface area contributed by atoms with E-state index in [-0.39, 0.29) is 30.1 Å². The van der Waals surface area contributed by atoms with Gasteiger partial charge in [0, 0.05) is 24.7 Å². The van der Waals surface area contributed by atoms with Gasteiger partial charge in [-0.25, -0.2) is 4.79 Å². The van der Waals surface area contributed by atoms with E-state index in [1.807, 2.05) is 43.3 Å². The average molecular weight is 469 g/mol. The van der Waals surface area contributed by atoms with Gasteiger partial charge in [-0.3, -0.25) is 14.5 Å². The van der Waals surface area contributed by atoms with Crippen LogP contribution in [0.4, 0.5) is 5.69 Å². The molecule has 1 aliphatic heterocycles. The van der Waals surface area contributed by atoms with Gasteiger partial charge in [0.05, 0.1) is 4.91 Å². The van der Waals surface area contributed by atoms with E-state index in [1.54, 1.807) is 6.08 Å². The maximum atomic E-state index is 12.7. The summed E-state index contributed by atoms with van der Waals surface area (Å²) in [7, 11) is 0. The lowest BCUT2D eigenvalue weighted by Gasteiger charge is -2.14. The normalized spacial score (nSPS) is 15.3. The van der Waals surface area contributed by atoms with Gasteiger partial charge in [0.2, 0.25) is 5.91 Å². The molecule has 1 aliphatic rings. The highest BCUT2D eigenvalue weighted by Gasteiger charge is 2.32. The Kier molecular flexibility index (Phi) is 7.45. The standard InChI is InChI=1S/C23H20N2O5S2/c1-14(11-15-5-3-2-4-6-15)12-19-21(28)25(23(31)32-19)10-9-20(27)24-16-7-8-17(22(29)30)18(26)13-16/h2-8,11-13,26H,9-10H2,1H3,(H,24,27)(H,29,30)/b14-11-,19-12-. The summed E-state index contributed by atoms with van der Waals surface area (Å²) in [5.41, 5.74) is 1.92. The van der Waals surface area contributed by atoms with E-state index in [0.717, 1.165) is 17.2 Å². The van der Waals surface area contributed by atoms with Crippen molar-refractivity contribution in [2.75, 3.05) is 11.9 Å². The highest BCUT2D eigenvalue weighted by atomic mass is 32.2. The Morgan fingerprint density at radius 2 is 1.91 bits per heavy atom. The minimum atomic E-state index is -1.27. The Bertz CT molecular complexity index is 1140. The molecule has 0 atom stereocenters. The minimum absolute atomic E-state index is 0.0139. The fourth-order valence-corrected chi connectivity index (χ4v) is 4.34. The van der Waals surface area contributed by atoms with Crippen LogP contribution in [-0.4, -0.2) is 43.8 Å². The number of benzene rings is 2. The number of hydrogen-bond acceptors (Lipinski definition) is 6. The summed E-state index contributed by atoms with van der Waals surface area (Å²) in [4.78, 5) is 37.8. The van der Waals surface area contributed by atoms with Crippen LogP contribution in [0.2, 0.25) is 0 Å². The summed E-state index contributed by atoms with van der Waals surface area (Å²) < 4.78 is 0.380. The fraction of sp³-hybridized carbons (Fsp3) is 0.130. The number of carboxylic acids is 1. The summed E-state index contributed by atoms with van der Waals surface area (Å²) in [6, 6.07) is 13.5. The number of hydrogen-bond donors (Lipinski definition) is 3. The number of nitrogens with zero attached hydrogens (tertiary/aromatic N) is 1. The molecule has 32 heavy (non-hydrogen) atoms. The van der Waals surface area contributed by atoms with Crippen LogP contribution < -0.4 is 5.32 Å². The number of aromatic hydroxyl groups is 1. The summed E-state index contributed by atoms with van der Waals surface area (Å²) >= 11 is 6.49. The van der Waals surface area contributed by atoms with Crippen molar-refractivity contribution in [3.05, 3.63) is 76.2 Å². The molecular weight excluding hydrogens is 448 g/mol. The molecule has 3 rings (SSSR count). The van der Waals surface area contributed by atoms with Gasteiger partial charge in [-0.05, 0) is 36.3 Å². The molecule has 3 N–H and O–H groups in total. The molecular formula is C23H20N2O5S2. The lowest BCUT2D eigenvalue weighted by Crippen LogP contribution is -2.31. The minimum Gasteiger partial charge on any atom is -0.507 e. The smallest absolute Gasteiger partial charge is 0.339 e. The van der Waals surface area contributed by atoms with Crippen LogP contribution >= 0.6 is 24.0 Å². The molecule has 164 valence electrons. The van der Waals surface area contributed by atoms with Crippen molar-refractivity contribution < 1.29 is 24.6 Å². The van der Waals surface area contributed by atoms with Gasteiger partial charge >= 0.3 is 5.97 Å². The van der Waals surface area contributed by atoms with Crippen LogP contribution in [0.1, 0.15) is 29.3 Å². The number of carbonyl (C=O) groups is 3. The molecule has 0 saturated carbocycles. The predicted molar refractivity (Wildman–Crippen MR) is 128 cm³/mol. The van der Waals surface area contributed by atoms with Crippen molar-refractivity contribution in [1.29, 1.82) is 0 Å². The molecule has 0 bridgehead atoms. The van der Waals surface area contributed by atoms with Crippen molar-refractivity contribution in [3.63, 3.8) is 0 Å². The molecule has 2 aromatic rings. The number of carbonyl (C=O) groups excluding carboxylic acids is 2. The average Bonchev–Trinajstić information content (AvgIpc) is 2.99. The van der Waals surface area contributed by atoms with Crippen LogP contribution in [-0.2, 0) is 9.59 Å². The van der Waals surface area contributed by atoms with E-state index in [0.29, 0.717) is 9.23 Å². The van der Waals surface area contributed by atoms with E-state index in [4.69, 9.17) is 17.3 Å². The van der Waals surface area contributed by atoms with Crippen LogP contribution in [0.5, 0.6) is 5.75 Å². The number of amides is 2. The maximum absolute atomic E-state index is 12.7. The lowest BCUT2D eigenvalue weighted by molar-refractivity contribution is -0.122. The van der Waals surface area contributed by atoms with Gasteiger partial charge in [-0.1, -0.05) is 60.4 Å². The summed E-state index contributed by atoms with van der Waals surface area (Å²) in [6.07, 6.45) is 3.73. The third-order valence-corrected chi connectivity index (χ3v) is 5.88. The Morgan fingerprint density at radius 3 is 2.56 bits per heavy atom. The van der Waals surface area contributed by atoms with Crippen LogP contribution in [0.3, 0.4) is 0 Å². The Labute approximate surface area is 194 Å². The van der Waals surface area contributed by atoms with Crippen molar-refractivity contribution in [2.45, 2.75) is 13.3 Å². The predicted octanol–water partition coefficient (Wildman–Crippen LogP) is 4.27. The quantitative estimate of drug-likeness (QED) is 0.412. The number of thioether (sulfide) groups is 1. The van der Waals surface area contributed by atoms with Gasteiger partial charge in [0.15, 0.2) is 0 Å². The van der Waals surface area contributed by atoms with Crippen molar-refractivity contribution >= 4 is 57.8 Å². The first-order valence-electron chi connectivity index (χ1n) is 9.59. The monoisotopic (exact) mass is 468 g/mol. The van der Waals surface area contributed by atoms with Gasteiger partial charge in [0.1, 0.15) is 15.6 Å². The van der Waals surface area contributed by atoms with Gasteiger partial charge < -0.3 is 15.5 Å². The molecule has 2 amide bonds. The molecule has 0 aliphatic carbocycles. The zero-order chi connectivity index (χ0) is 23.3. The third kappa shape index (κ3) is 5.83. The Hall–Kier alpha value is -3.43. The number of carboxylic acid groups (broad SMARTS) is 1. The number of aromatic carboxylic acids is 1. The molecule has 1 heterocycles. The molecule has 2 aromatic carbocycles. The SMILES string of the molecule is CC(=C/c1ccccc1)/C=C1\SC(=S)N(CCC(=O)Nc2ccc(C(=O)O)c(O)c2)C1=O. The molecule has 0 unspecified atom stereocenters. The largest absolute Gasteiger partial charge is 0.507 e. The van der Waals surface area contributed by atoms with E-state index in [2.05, 4.69) is 5.32 Å². The van der Waals surface area contributed by atoms with Crippen LogP contribution in [0, 0.1) is 0 Å². The first-order chi connectivity index (χ1) is 15.2. The van der Waals surface area contributed by atoms with Gasteiger partial charge in [0.25, 0.3) is 5.91 Å². The van der Waals surface area contributed by atoms with E-state index >= 15 is 0 Å². The van der Waals surface area contributed by atoms with E-state index < -0.39 is 17.6 Å². The number of rotatable bonds is 7. The van der Waals surface area contributed by atoms with E-state index in [9.17, 15) is 19.5 Å². The van der Waals surface area contributed by atoms with Crippen molar-refractivity contribution in [3.8, 4) is 5.75 Å². The molecule has 1 saturated heterocycles. The number of thiocarbonyl (C=S) groups is 1. The number of phenols is 1. The van der Waals surface area contributed by atoms with Crippen molar-refractivity contribution in [1.82, 2.24) is 4.90 Å². The zero-order valence-electron chi connectivity index (χ0n) is 17.1. The number of nitrogens with one attached hydrogen (secondary N) is 1. The van der Waals surface area contributed by atoms with Crippen LogP contribution in [0.15, 0.2) is 65.1 Å². The number of allylic oxidation sites excluding steroid dienone is 2. The second kappa shape index (κ2) is 10.3. The molecule has 0 spiro atoms. The molecule has 7 nitrogen and oxygen atoms in total. The molecule has 9 heteroatoms. The highest BCUT2D eigenvalue weighted by molar-refractivity contribution is 8.26. The molecule has 1 fully saturated rings. The second-order valence-corrected chi connectivity index (χ2v) is 8.64. The van der Waals surface area contributed by atoms with Crippen molar-refractivity contribution in [2.24, 2.45) is 0 Å². The maximum Gasteiger partial charge on any atom is 0.339 e. The lowest BCUT2D eigenvalue weighted by atomic mass is 10.1. The second-order valence-electron chi connectivity index (χ2n) is 6.97. The van der Waals surface area contributed by atoms with Crippen LogP contribution in [0.25, 0.3) is 6.08 Å². The summed E-state index contributed by atoms with van der Waals surface area (Å²) in [5.74, 6) is -2.37. The van der Waals surface area contributed by atoms with E-state index in [1.165, 1.54) is 28.8 Å². The number of anilines is 1. The third-order valence-electron chi connectivity index (χ3n) is 4.50. The first kappa shape index (κ1) is 23.2. The highest BCUT2D eigenvalue weighted by Crippen LogP contribution is 2.32. The zero-order valence-corrected chi connectivity index (χ0v) is 18.7. The first-order valence-corrected chi connectivity index (χ1v) is 10.8. The summed E-state index contributed by atoms with van der Waals surface area (Å²) in [5, 5.41) is 21.2. The molecule has 0 aromatic heterocycles. The molecule has 0 radical (unpaired) electrons. The van der Waals surface area contributed by atoms with Gasteiger partial charge in [-0.15, -0.1) is 0 Å². The Balaban J connectivity index is 1.59. The summed E-state index contributed by atoms with van der Waals surface area (Å²) in [6.45, 7) is 2.01. The topological polar surface area (TPSA) is 107 Å². The Morgan fingerprint density at radius 1 is 1.19 bits per heavy atom. The fourth-order valence-electron chi connectivity index (χ4n) is 2.98. The van der Waals surface area contributed by atoms with Gasteiger partial charge in [-0.2, -0.15) is 0 Å².